The number of alkyl halides is 6. The fourth-order valence-electron chi connectivity index (χ4n) is 0.837. The maximum Gasteiger partial charge on any atom is 0.453 e. The molecule has 0 aliphatic carbocycles. The first-order valence-electron chi connectivity index (χ1n) is 4.47. The van der Waals surface area contributed by atoms with Crippen LogP contribution >= 0.6 is 22.6 Å². The lowest BCUT2D eigenvalue weighted by atomic mass is 10.1. The summed E-state index contributed by atoms with van der Waals surface area (Å²) in [6.45, 7) is 0. The molecular formula is C9H12F5I. The second-order valence-corrected chi connectivity index (χ2v) is 4.12. The molecule has 0 aliphatic heterocycles. The second-order valence-electron chi connectivity index (χ2n) is 3.04. The van der Waals surface area contributed by atoms with Gasteiger partial charge in [0.15, 0.2) is 0 Å². The molecule has 0 aliphatic rings. The van der Waals surface area contributed by atoms with Crippen LogP contribution in [0.25, 0.3) is 0 Å². The first-order valence-corrected chi connectivity index (χ1v) is 5.99. The first-order chi connectivity index (χ1) is 6.81. The van der Waals surface area contributed by atoms with E-state index in [4.69, 9.17) is 0 Å². The molecule has 0 radical (unpaired) electrons. The Morgan fingerprint density at radius 1 is 0.933 bits per heavy atom. The monoisotopic (exact) mass is 342 g/mol. The van der Waals surface area contributed by atoms with E-state index in [2.05, 4.69) is 22.6 Å². The summed E-state index contributed by atoms with van der Waals surface area (Å²) in [5, 5.41) is 0. The Morgan fingerprint density at radius 3 is 1.93 bits per heavy atom. The molecule has 0 aromatic carbocycles. The van der Waals surface area contributed by atoms with Gasteiger partial charge in [-0.3, -0.25) is 0 Å². The molecule has 0 saturated carbocycles. The molecule has 90 valence electrons. The molecule has 15 heavy (non-hydrogen) atoms. The van der Waals surface area contributed by atoms with Gasteiger partial charge in [0.2, 0.25) is 0 Å². The number of unbranched alkanes of at least 4 members (excludes halogenated alkanes) is 1. The summed E-state index contributed by atoms with van der Waals surface area (Å²) in [5.74, 6) is -4.57. The van der Waals surface area contributed by atoms with Gasteiger partial charge in [0.05, 0.1) is 0 Å². The van der Waals surface area contributed by atoms with E-state index in [1.807, 2.05) is 0 Å². The number of hydrogen-bond acceptors (Lipinski definition) is 0. The zero-order chi connectivity index (χ0) is 11.9. The summed E-state index contributed by atoms with van der Waals surface area (Å²) < 4.78 is 60.7. The van der Waals surface area contributed by atoms with Crippen molar-refractivity contribution in [3.05, 3.63) is 12.2 Å². The lowest BCUT2D eigenvalue weighted by Gasteiger charge is -2.18. The van der Waals surface area contributed by atoms with E-state index in [0.29, 0.717) is 0 Å². The molecule has 0 bridgehead atoms. The molecule has 0 fully saturated rings. The van der Waals surface area contributed by atoms with Crippen molar-refractivity contribution >= 4 is 22.6 Å². The second kappa shape index (κ2) is 6.65. The van der Waals surface area contributed by atoms with Gasteiger partial charge in [-0.25, -0.2) is 0 Å². The highest BCUT2D eigenvalue weighted by molar-refractivity contribution is 14.1. The number of rotatable bonds is 6. The number of allylic oxidation sites excluding steroid dienone is 2. The van der Waals surface area contributed by atoms with Gasteiger partial charge in [-0.15, -0.1) is 0 Å². The van der Waals surface area contributed by atoms with Gasteiger partial charge in [-0.05, 0) is 23.7 Å². The Labute approximate surface area is 99.1 Å². The largest absolute Gasteiger partial charge is 0.453 e. The van der Waals surface area contributed by atoms with Crippen molar-refractivity contribution in [1.82, 2.24) is 0 Å². The average molecular weight is 342 g/mol. The van der Waals surface area contributed by atoms with Crippen LogP contribution in [0.15, 0.2) is 12.2 Å². The zero-order valence-electron chi connectivity index (χ0n) is 7.96. The molecule has 6 heteroatoms. The summed E-state index contributed by atoms with van der Waals surface area (Å²) in [7, 11) is 0. The fraction of sp³-hybridized carbons (Fsp3) is 0.778. The van der Waals surface area contributed by atoms with Crippen LogP contribution in [0.4, 0.5) is 22.0 Å². The Bertz CT molecular complexity index is 197. The third-order valence-electron chi connectivity index (χ3n) is 1.71. The summed E-state index contributed by atoms with van der Waals surface area (Å²) in [6, 6.07) is 0. The highest BCUT2D eigenvalue weighted by atomic mass is 127. The van der Waals surface area contributed by atoms with Crippen molar-refractivity contribution in [1.29, 1.82) is 0 Å². The Balaban J connectivity index is 3.80. The minimum atomic E-state index is -5.43. The zero-order valence-corrected chi connectivity index (χ0v) is 10.1. The minimum Gasteiger partial charge on any atom is -0.196 e. The van der Waals surface area contributed by atoms with Crippen LogP contribution in [0, 0.1) is 0 Å². The lowest BCUT2D eigenvalue weighted by Crippen LogP contribution is -2.35. The molecule has 0 heterocycles. The molecule has 0 aromatic rings. The van der Waals surface area contributed by atoms with Crippen molar-refractivity contribution in [2.75, 3.05) is 4.43 Å². The predicted molar refractivity (Wildman–Crippen MR) is 57.5 cm³/mol. The van der Waals surface area contributed by atoms with Crippen molar-refractivity contribution in [3.8, 4) is 0 Å². The van der Waals surface area contributed by atoms with Crippen molar-refractivity contribution in [2.24, 2.45) is 0 Å². The summed E-state index contributed by atoms with van der Waals surface area (Å²) in [6.07, 6.45) is -2.18. The van der Waals surface area contributed by atoms with E-state index in [1.54, 1.807) is 6.08 Å². The maximum absolute atomic E-state index is 12.3. The Morgan fingerprint density at radius 2 is 1.47 bits per heavy atom. The third kappa shape index (κ3) is 6.32. The van der Waals surface area contributed by atoms with Crippen LogP contribution in [-0.2, 0) is 0 Å². The molecule has 0 saturated heterocycles. The van der Waals surface area contributed by atoms with E-state index in [-0.39, 0.29) is 6.42 Å². The van der Waals surface area contributed by atoms with Gasteiger partial charge in [0.1, 0.15) is 0 Å². The lowest BCUT2D eigenvalue weighted by molar-refractivity contribution is -0.283. The molecule has 0 unspecified atom stereocenters. The quantitative estimate of drug-likeness (QED) is 0.215. The summed E-state index contributed by atoms with van der Waals surface area (Å²) in [4.78, 5) is 0. The van der Waals surface area contributed by atoms with E-state index < -0.39 is 18.5 Å². The van der Waals surface area contributed by atoms with Crippen LogP contribution in [0.1, 0.15) is 25.7 Å². The first kappa shape index (κ1) is 15.1. The Hall–Kier alpha value is 0.120. The van der Waals surface area contributed by atoms with E-state index in [1.165, 1.54) is 6.08 Å². The van der Waals surface area contributed by atoms with Crippen LogP contribution in [0.3, 0.4) is 0 Å². The minimum absolute atomic E-state index is 0.242. The number of hydrogen-bond donors (Lipinski definition) is 0. The highest BCUT2D eigenvalue weighted by Gasteiger charge is 2.56. The summed E-state index contributed by atoms with van der Waals surface area (Å²) in [5.41, 5.74) is 0. The molecule has 0 atom stereocenters. The summed E-state index contributed by atoms with van der Waals surface area (Å²) >= 11 is 2.17. The van der Waals surface area contributed by atoms with E-state index >= 15 is 0 Å². The highest BCUT2D eigenvalue weighted by Crippen LogP contribution is 2.38. The van der Waals surface area contributed by atoms with Gasteiger partial charge in [-0.2, -0.15) is 22.0 Å². The van der Waals surface area contributed by atoms with Gasteiger partial charge >= 0.3 is 12.1 Å². The predicted octanol–water partition coefficient (Wildman–Crippen LogP) is 4.74. The van der Waals surface area contributed by atoms with Gasteiger partial charge in [0, 0.05) is 6.42 Å². The molecule has 0 aromatic heterocycles. The van der Waals surface area contributed by atoms with Crippen molar-refractivity contribution < 1.29 is 22.0 Å². The van der Waals surface area contributed by atoms with Crippen LogP contribution in [0.5, 0.6) is 0 Å². The van der Waals surface area contributed by atoms with Gasteiger partial charge in [0.25, 0.3) is 0 Å². The van der Waals surface area contributed by atoms with Crippen LogP contribution < -0.4 is 0 Å². The molecular weight excluding hydrogens is 330 g/mol. The fourth-order valence-corrected chi connectivity index (χ4v) is 1.28. The van der Waals surface area contributed by atoms with Crippen molar-refractivity contribution in [3.63, 3.8) is 0 Å². The van der Waals surface area contributed by atoms with E-state index in [0.717, 1.165) is 17.3 Å². The Kier molecular flexibility index (Phi) is 6.70. The van der Waals surface area contributed by atoms with Crippen molar-refractivity contribution in [2.45, 2.75) is 37.8 Å². The maximum atomic E-state index is 12.3. The van der Waals surface area contributed by atoms with Crippen LogP contribution in [-0.4, -0.2) is 16.5 Å². The third-order valence-corrected chi connectivity index (χ3v) is 2.47. The van der Waals surface area contributed by atoms with Gasteiger partial charge < -0.3 is 0 Å². The van der Waals surface area contributed by atoms with Gasteiger partial charge in [-0.1, -0.05) is 34.7 Å². The molecule has 0 amide bonds. The van der Waals surface area contributed by atoms with E-state index in [9.17, 15) is 22.0 Å². The topological polar surface area (TPSA) is 0 Å². The normalized spacial score (nSPS) is 13.7. The number of halogens is 6. The molecule has 0 N–H and O–H groups in total. The molecule has 0 spiro atoms. The average Bonchev–Trinajstić information content (AvgIpc) is 2.09. The smallest absolute Gasteiger partial charge is 0.196 e. The SMILES string of the molecule is FC(F)(F)C(F)(F)CCC=CCCCI. The standard InChI is InChI=1S/C9H12F5I/c10-8(11,9(12,13)14)6-4-2-1-3-5-7-15/h1-2H,3-7H2. The molecule has 0 rings (SSSR count). The van der Waals surface area contributed by atoms with Crippen LogP contribution in [0.2, 0.25) is 0 Å². The molecule has 0 nitrogen and oxygen atoms in total.